The topological polar surface area (TPSA) is 190 Å². The molecular formula is C38H42N12O2. The van der Waals surface area contributed by atoms with Gasteiger partial charge in [-0.05, 0) is 85.3 Å². The summed E-state index contributed by atoms with van der Waals surface area (Å²) in [5.74, 6) is 2.92. The number of para-hydroxylation sites is 2. The van der Waals surface area contributed by atoms with Crippen molar-refractivity contribution in [1.29, 1.82) is 0 Å². The van der Waals surface area contributed by atoms with Crippen molar-refractivity contribution in [2.45, 2.75) is 26.7 Å². The number of phenols is 2. The van der Waals surface area contributed by atoms with Gasteiger partial charge in [0, 0.05) is 37.6 Å². The largest absolute Gasteiger partial charge is 0.508 e. The minimum Gasteiger partial charge on any atom is -0.508 e. The minimum absolute atomic E-state index is 0.236. The van der Waals surface area contributed by atoms with Crippen molar-refractivity contribution in [3.05, 3.63) is 119 Å². The summed E-state index contributed by atoms with van der Waals surface area (Å²) in [6, 6.07) is 30.1. The lowest BCUT2D eigenvalue weighted by molar-refractivity contribution is 0.474. The van der Waals surface area contributed by atoms with Gasteiger partial charge in [0.15, 0.2) is 0 Å². The third kappa shape index (κ3) is 10.4. The summed E-state index contributed by atoms with van der Waals surface area (Å²) in [5, 5.41) is 39.0. The van der Waals surface area contributed by atoms with E-state index in [0.29, 0.717) is 61.9 Å². The second-order valence-electron chi connectivity index (χ2n) is 12.0. The third-order valence-corrected chi connectivity index (χ3v) is 8.01. The monoisotopic (exact) mass is 698 g/mol. The average molecular weight is 699 g/mol. The Labute approximate surface area is 302 Å². The lowest BCUT2D eigenvalue weighted by Crippen LogP contribution is -2.19. The van der Waals surface area contributed by atoms with Gasteiger partial charge in [0.1, 0.15) is 11.5 Å². The van der Waals surface area contributed by atoms with Crippen LogP contribution in [0.15, 0.2) is 97.1 Å². The molecule has 14 heteroatoms. The first-order valence-electron chi connectivity index (χ1n) is 17.0. The molecule has 8 N–H and O–H groups in total. The molecule has 0 aliphatic heterocycles. The molecule has 14 nitrogen and oxygen atoms in total. The Balaban J connectivity index is 1.11. The Kier molecular flexibility index (Phi) is 11.7. The fourth-order valence-electron chi connectivity index (χ4n) is 5.16. The van der Waals surface area contributed by atoms with Gasteiger partial charge in [-0.2, -0.15) is 29.9 Å². The minimum atomic E-state index is 0.236. The molecule has 6 rings (SSSR count). The van der Waals surface area contributed by atoms with E-state index in [4.69, 9.17) is 0 Å². The Morgan fingerprint density at radius 2 is 0.731 bits per heavy atom. The van der Waals surface area contributed by atoms with Crippen LogP contribution in [0.3, 0.4) is 0 Å². The van der Waals surface area contributed by atoms with Crippen LogP contribution < -0.4 is 31.9 Å². The van der Waals surface area contributed by atoms with Crippen molar-refractivity contribution in [3.8, 4) is 11.5 Å². The zero-order chi connectivity index (χ0) is 36.1. The lowest BCUT2D eigenvalue weighted by atomic mass is 10.1. The molecule has 52 heavy (non-hydrogen) atoms. The van der Waals surface area contributed by atoms with E-state index in [1.165, 1.54) is 0 Å². The number of rotatable bonds is 17. The van der Waals surface area contributed by atoms with Gasteiger partial charge in [-0.3, -0.25) is 0 Å². The highest BCUT2D eigenvalue weighted by Crippen LogP contribution is 2.21. The molecule has 6 aromatic rings. The maximum atomic E-state index is 9.59. The Morgan fingerprint density at radius 1 is 0.404 bits per heavy atom. The molecular weight excluding hydrogens is 656 g/mol. The third-order valence-electron chi connectivity index (χ3n) is 8.01. The van der Waals surface area contributed by atoms with Crippen LogP contribution in [0.2, 0.25) is 0 Å². The predicted molar refractivity (Wildman–Crippen MR) is 206 cm³/mol. The maximum Gasteiger partial charge on any atom is 0.233 e. The van der Waals surface area contributed by atoms with Crippen LogP contribution in [0, 0.1) is 13.8 Å². The molecule has 0 amide bonds. The normalized spacial score (nSPS) is 10.7. The number of hydrogen-bond donors (Lipinski definition) is 8. The quantitative estimate of drug-likeness (QED) is 0.0488. The molecule has 0 unspecified atom stereocenters. The van der Waals surface area contributed by atoms with Gasteiger partial charge in [0.2, 0.25) is 35.7 Å². The molecule has 2 heterocycles. The van der Waals surface area contributed by atoms with Crippen molar-refractivity contribution in [2.75, 3.05) is 58.1 Å². The second-order valence-corrected chi connectivity index (χ2v) is 12.0. The molecule has 0 aliphatic rings. The molecule has 0 saturated heterocycles. The molecule has 0 bridgehead atoms. The number of aryl methyl sites for hydroxylation is 2. The molecule has 0 fully saturated rings. The Morgan fingerprint density at radius 3 is 1.10 bits per heavy atom. The first-order valence-corrected chi connectivity index (χ1v) is 17.0. The van der Waals surface area contributed by atoms with E-state index in [1.54, 1.807) is 24.3 Å². The van der Waals surface area contributed by atoms with Gasteiger partial charge in [0.05, 0.1) is 0 Å². The predicted octanol–water partition coefficient (Wildman–Crippen LogP) is 6.41. The summed E-state index contributed by atoms with van der Waals surface area (Å²) in [4.78, 5) is 27.7. The first-order chi connectivity index (χ1) is 25.4. The fraction of sp³-hybridized carbons (Fsp3) is 0.211. The Hall–Kier alpha value is -6.70. The van der Waals surface area contributed by atoms with Gasteiger partial charge in [0.25, 0.3) is 0 Å². The van der Waals surface area contributed by atoms with Crippen LogP contribution in [0.1, 0.15) is 22.3 Å². The smallest absolute Gasteiger partial charge is 0.233 e. The van der Waals surface area contributed by atoms with Gasteiger partial charge in [-0.25, -0.2) is 0 Å². The summed E-state index contributed by atoms with van der Waals surface area (Å²) in [6.07, 6.45) is 1.44. The average Bonchev–Trinajstić information content (AvgIpc) is 3.14. The van der Waals surface area contributed by atoms with Crippen LogP contribution >= 0.6 is 0 Å². The molecule has 0 radical (unpaired) electrons. The number of aromatic nitrogens is 6. The molecule has 0 saturated carbocycles. The van der Waals surface area contributed by atoms with Crippen molar-refractivity contribution in [2.24, 2.45) is 0 Å². The zero-order valence-electron chi connectivity index (χ0n) is 29.1. The van der Waals surface area contributed by atoms with E-state index >= 15 is 0 Å². The van der Waals surface area contributed by atoms with E-state index in [2.05, 4.69) is 61.8 Å². The van der Waals surface area contributed by atoms with Crippen LogP contribution in [0.5, 0.6) is 11.5 Å². The summed E-state index contributed by atoms with van der Waals surface area (Å²) in [6.45, 7) is 6.12. The molecule has 4 aromatic carbocycles. The van der Waals surface area contributed by atoms with Crippen molar-refractivity contribution < 1.29 is 10.2 Å². The summed E-state index contributed by atoms with van der Waals surface area (Å²) in [7, 11) is 0. The maximum absolute atomic E-state index is 9.59. The number of phenolic OH excluding ortho intramolecular Hbond substituents is 2. The molecule has 0 spiro atoms. The van der Waals surface area contributed by atoms with Gasteiger partial charge >= 0.3 is 0 Å². The van der Waals surface area contributed by atoms with Crippen molar-refractivity contribution >= 4 is 47.1 Å². The van der Waals surface area contributed by atoms with Crippen LogP contribution in [-0.2, 0) is 12.8 Å². The van der Waals surface area contributed by atoms with E-state index in [1.807, 2.05) is 86.6 Å². The highest BCUT2D eigenvalue weighted by molar-refractivity contribution is 5.60. The first kappa shape index (κ1) is 35.1. The van der Waals surface area contributed by atoms with E-state index in [0.717, 1.165) is 46.5 Å². The molecule has 0 atom stereocenters. The summed E-state index contributed by atoms with van der Waals surface area (Å²) in [5.41, 5.74) is 6.07. The number of anilines is 8. The fourth-order valence-corrected chi connectivity index (χ4v) is 5.16. The van der Waals surface area contributed by atoms with Crippen molar-refractivity contribution in [1.82, 2.24) is 29.9 Å². The molecule has 0 aliphatic carbocycles. The van der Waals surface area contributed by atoms with Gasteiger partial charge < -0.3 is 42.1 Å². The van der Waals surface area contributed by atoms with Gasteiger partial charge in [-0.15, -0.1) is 0 Å². The van der Waals surface area contributed by atoms with E-state index in [9.17, 15) is 10.2 Å². The zero-order valence-corrected chi connectivity index (χ0v) is 29.1. The van der Waals surface area contributed by atoms with E-state index < -0.39 is 0 Å². The number of nitrogens with zero attached hydrogens (tertiary/aromatic N) is 6. The lowest BCUT2D eigenvalue weighted by Gasteiger charge is -2.14. The van der Waals surface area contributed by atoms with E-state index in [-0.39, 0.29) is 11.5 Å². The van der Waals surface area contributed by atoms with Gasteiger partial charge in [-0.1, -0.05) is 60.7 Å². The number of hydrogen-bond acceptors (Lipinski definition) is 14. The summed E-state index contributed by atoms with van der Waals surface area (Å²) < 4.78 is 0. The Bertz CT molecular complexity index is 1910. The standard InChI is InChI=1S/C38H42N12O2/c1-25-7-3-5-9-31(25)43-37-47-33(39-21-19-27-11-15-29(51)16-12-27)45-35(49-37)41-23-24-42-36-46-34(40-22-20-28-13-17-30(52)18-14-28)48-38(50-36)44-32-10-6-4-8-26(32)2/h3-18,51-52H,19-24H2,1-2H3,(H3,39,41,43,45,47,49)(H3,40,42,44,46,48,50). The van der Waals surface area contributed by atoms with Crippen LogP contribution in [-0.4, -0.2) is 66.3 Å². The summed E-state index contributed by atoms with van der Waals surface area (Å²) >= 11 is 0. The second kappa shape index (κ2) is 17.3. The number of nitrogens with one attached hydrogen (secondary N) is 6. The number of aromatic hydroxyl groups is 2. The number of benzene rings is 4. The molecule has 266 valence electrons. The highest BCUT2D eigenvalue weighted by Gasteiger charge is 2.11. The van der Waals surface area contributed by atoms with Crippen LogP contribution in [0.4, 0.5) is 47.1 Å². The molecule has 2 aromatic heterocycles. The highest BCUT2D eigenvalue weighted by atomic mass is 16.3. The van der Waals surface area contributed by atoms with Crippen molar-refractivity contribution in [3.63, 3.8) is 0 Å². The SMILES string of the molecule is Cc1ccccc1Nc1nc(NCCNc2nc(NCCc3ccc(O)cc3)nc(Nc3ccccc3C)n2)nc(NCCc2ccc(O)cc2)n1. The van der Waals surface area contributed by atoms with Crippen LogP contribution in [0.25, 0.3) is 0 Å².